The third kappa shape index (κ3) is 22.2. The number of rotatable bonds is 32. The van der Waals surface area contributed by atoms with Crippen LogP contribution in [0.5, 0.6) is 0 Å². The summed E-state index contributed by atoms with van der Waals surface area (Å²) in [6.45, 7) is 3.32. The number of aliphatic carboxylic acids is 4. The van der Waals surface area contributed by atoms with E-state index in [2.05, 4.69) is 46.2 Å². The largest absolute Gasteiger partial charge is 0.480 e. The minimum atomic E-state index is -1.30. The van der Waals surface area contributed by atoms with Gasteiger partial charge >= 0.3 is 23.9 Å². The van der Waals surface area contributed by atoms with Crippen LogP contribution in [0.4, 0.5) is 11.6 Å². The van der Waals surface area contributed by atoms with E-state index in [1.165, 1.54) is 18.3 Å². The van der Waals surface area contributed by atoms with Crippen molar-refractivity contribution in [2.45, 2.75) is 70.2 Å². The fourth-order valence-electron chi connectivity index (χ4n) is 7.92. The second-order valence-corrected chi connectivity index (χ2v) is 17.8. The van der Waals surface area contributed by atoms with Gasteiger partial charge in [-0.3, -0.25) is 58.2 Å². The number of amides is 3. The number of nitrogen functional groups attached to an aromatic ring is 1. The normalized spacial score (nSPS) is 14.3. The van der Waals surface area contributed by atoms with Crippen LogP contribution in [0, 0.1) is 0 Å². The van der Waals surface area contributed by atoms with Crippen LogP contribution >= 0.6 is 0 Å². The Bertz CT molecular complexity index is 2660. The molecule has 0 aliphatic carbocycles. The number of carboxylic acid groups (broad SMARTS) is 4. The van der Waals surface area contributed by atoms with E-state index >= 15 is 0 Å². The lowest BCUT2D eigenvalue weighted by molar-refractivity contribution is -0.145. The molecule has 2 atom stereocenters. The van der Waals surface area contributed by atoms with Gasteiger partial charge in [0.25, 0.3) is 11.5 Å². The quantitative estimate of drug-likeness (QED) is 0.0272. The summed E-state index contributed by atoms with van der Waals surface area (Å²) in [7, 11) is 0. The molecular weight excluding hydrogens is 1010 g/mol. The lowest BCUT2D eigenvalue weighted by atomic mass is 10.1. The number of hydrogen-bond acceptors (Lipinski definition) is 20. The number of H-pyrrole nitrogens is 1. The number of anilines is 2. The molecule has 418 valence electrons. The molecule has 1 aromatic carbocycles. The first-order valence-electron chi connectivity index (χ1n) is 25.0. The number of carboxylic acids is 4. The molecular formula is C49H67N13O15. The summed E-state index contributed by atoms with van der Waals surface area (Å²) in [5.74, 6) is -5.93. The van der Waals surface area contributed by atoms with Gasteiger partial charge in [0.1, 0.15) is 12.1 Å². The number of aromatic amines is 1. The molecule has 0 spiro atoms. The molecule has 28 heteroatoms. The summed E-state index contributed by atoms with van der Waals surface area (Å²) in [5.41, 5.74) is 7.60. The summed E-state index contributed by atoms with van der Waals surface area (Å²) in [5, 5.41) is 49.9. The Morgan fingerprint density at radius 3 is 1.90 bits per heavy atom. The molecule has 11 N–H and O–H groups in total. The molecule has 1 aliphatic heterocycles. The van der Waals surface area contributed by atoms with E-state index in [0.29, 0.717) is 88.3 Å². The average Bonchev–Trinajstić information content (AvgIpc) is 3.38. The first-order chi connectivity index (χ1) is 37.0. The number of carbonyl (C=O) groups excluding carboxylic acids is 3. The van der Waals surface area contributed by atoms with Crippen LogP contribution in [-0.2, 0) is 62.6 Å². The molecule has 0 saturated heterocycles. The van der Waals surface area contributed by atoms with Crippen molar-refractivity contribution in [3.8, 4) is 0 Å². The molecule has 28 nitrogen and oxygen atoms in total. The molecule has 5 rings (SSSR count). The van der Waals surface area contributed by atoms with Gasteiger partial charge < -0.3 is 61.6 Å². The Kier molecular flexibility index (Phi) is 25.0. The minimum Gasteiger partial charge on any atom is -0.480 e. The first kappa shape index (κ1) is 60.1. The van der Waals surface area contributed by atoms with Crippen molar-refractivity contribution in [3.63, 3.8) is 0 Å². The number of ether oxygens (including phenoxy) is 3. The lowest BCUT2D eigenvalue weighted by Crippen LogP contribution is -2.47. The number of nitrogens with one attached hydrogen (secondary N) is 5. The number of benzene rings is 1. The molecule has 1 aliphatic rings. The molecule has 1 unspecified atom stereocenters. The lowest BCUT2D eigenvalue weighted by Gasteiger charge is -2.32. The molecule has 0 saturated carbocycles. The second kappa shape index (κ2) is 32.0. The van der Waals surface area contributed by atoms with Crippen LogP contribution in [-0.4, -0.2) is 206 Å². The van der Waals surface area contributed by atoms with Crippen LogP contribution < -0.4 is 32.6 Å². The second-order valence-electron chi connectivity index (χ2n) is 17.8. The van der Waals surface area contributed by atoms with E-state index in [9.17, 15) is 58.8 Å². The standard InChI is InChI=1S/C49H67N13O15/c50-49-58-44-43(46(70)59-49)56-36(27-54-44)26-53-33-8-6-32(7-9-33)45(69)57-37(47(71)72)10-12-39(63)51-14-2-20-75-22-24-77-25-23-76-21-3-15-52-40(64)13-11-38(48(73)74)62-19-18-60(30-41(65)66)16-17-61(31-42(67)68)28-34-4-1-5-35(29-62)55-34/h1,4-9,27,37-38,53H,2-3,10-26,28-31H2,(H,51,63)(H,52,64)(H,57,69)(H,65,66)(H,67,68)(H,71,72)(H,73,74)(H3,50,54,58,59,70)/t37-,38?/m0/s1. The van der Waals surface area contributed by atoms with Crippen LogP contribution in [0.15, 0.2) is 53.5 Å². The molecule has 0 fully saturated rings. The number of aromatic nitrogens is 5. The Morgan fingerprint density at radius 2 is 1.27 bits per heavy atom. The smallest absolute Gasteiger partial charge is 0.326 e. The third-order valence-electron chi connectivity index (χ3n) is 11.8. The molecule has 4 aromatic rings. The average molecular weight is 1080 g/mol. The van der Waals surface area contributed by atoms with Gasteiger partial charge in [0.05, 0.1) is 69.3 Å². The Morgan fingerprint density at radius 1 is 0.688 bits per heavy atom. The zero-order valence-electron chi connectivity index (χ0n) is 42.5. The topological polar surface area (TPSA) is 396 Å². The Hall–Kier alpha value is -7.76. The predicted molar refractivity (Wildman–Crippen MR) is 274 cm³/mol. The van der Waals surface area contributed by atoms with Gasteiger partial charge in [-0.15, -0.1) is 0 Å². The number of nitrogens with two attached hydrogens (primary N) is 1. The van der Waals surface area contributed by atoms with Crippen molar-refractivity contribution in [2.75, 3.05) is 103 Å². The highest BCUT2D eigenvalue weighted by molar-refractivity contribution is 5.97. The van der Waals surface area contributed by atoms with E-state index in [0.717, 1.165) is 0 Å². The molecule has 77 heavy (non-hydrogen) atoms. The number of pyridine rings is 1. The van der Waals surface area contributed by atoms with Gasteiger partial charge in [-0.1, -0.05) is 6.07 Å². The van der Waals surface area contributed by atoms with E-state index in [-0.39, 0.29) is 119 Å². The van der Waals surface area contributed by atoms with Gasteiger partial charge in [-0.05, 0) is 62.1 Å². The summed E-state index contributed by atoms with van der Waals surface area (Å²) >= 11 is 0. The molecule has 2 bridgehead atoms. The van der Waals surface area contributed by atoms with Gasteiger partial charge in [-0.25, -0.2) is 14.8 Å². The first-order valence-corrected chi connectivity index (χ1v) is 25.0. The van der Waals surface area contributed by atoms with Crippen LogP contribution in [0.25, 0.3) is 11.2 Å². The van der Waals surface area contributed by atoms with Gasteiger partial charge in [0.2, 0.25) is 17.8 Å². The minimum absolute atomic E-state index is 0.00330. The zero-order chi connectivity index (χ0) is 55.5. The maximum absolute atomic E-state index is 12.8. The monoisotopic (exact) mass is 1080 g/mol. The van der Waals surface area contributed by atoms with E-state index in [1.807, 2.05) is 0 Å². The van der Waals surface area contributed by atoms with Crippen molar-refractivity contribution in [1.29, 1.82) is 0 Å². The van der Waals surface area contributed by atoms with Gasteiger partial charge in [-0.2, -0.15) is 4.98 Å². The molecule has 3 amide bonds. The Labute approximate surface area is 442 Å². The molecule has 3 aromatic heterocycles. The zero-order valence-corrected chi connectivity index (χ0v) is 42.5. The van der Waals surface area contributed by atoms with E-state index < -0.39 is 47.4 Å². The van der Waals surface area contributed by atoms with Gasteiger partial charge in [0, 0.05) is 89.7 Å². The summed E-state index contributed by atoms with van der Waals surface area (Å²) in [4.78, 5) is 122. The SMILES string of the molecule is Nc1nc2ncc(CNc3ccc(C(=O)N[C@@H](CCC(=O)NCCCOCCOCCOCCCNC(=O)CCC(C(=O)O)N4CCN(CC(=O)O)CCN(CC(=O)O)Cc5cccc(n5)C4)C(=O)O)cc3)nc2c(=O)[nH]1. The highest BCUT2D eigenvalue weighted by atomic mass is 16.5. The van der Waals surface area contributed by atoms with Crippen molar-refractivity contribution in [2.24, 2.45) is 0 Å². The Balaban J connectivity index is 0.871. The van der Waals surface area contributed by atoms with E-state index in [4.69, 9.17) is 19.9 Å². The highest BCUT2D eigenvalue weighted by Crippen LogP contribution is 2.16. The van der Waals surface area contributed by atoms with Crippen LogP contribution in [0.2, 0.25) is 0 Å². The number of fused-ring (bicyclic) bond motifs is 3. The summed E-state index contributed by atoms with van der Waals surface area (Å²) < 4.78 is 16.6. The van der Waals surface area contributed by atoms with Crippen molar-refractivity contribution < 1.29 is 68.2 Å². The van der Waals surface area contributed by atoms with E-state index in [1.54, 1.807) is 45.0 Å². The van der Waals surface area contributed by atoms with Crippen LogP contribution in [0.1, 0.15) is 66.0 Å². The predicted octanol–water partition coefficient (Wildman–Crippen LogP) is -0.650. The number of hydrogen-bond donors (Lipinski definition) is 10. The molecule has 0 radical (unpaired) electrons. The van der Waals surface area contributed by atoms with Crippen molar-refractivity contribution >= 4 is 64.4 Å². The van der Waals surface area contributed by atoms with Gasteiger partial charge in [0.15, 0.2) is 11.2 Å². The van der Waals surface area contributed by atoms with Crippen molar-refractivity contribution in [3.05, 3.63) is 81.7 Å². The fourth-order valence-corrected chi connectivity index (χ4v) is 7.92. The fraction of sp³-hybridized carbons (Fsp3) is 0.510. The maximum Gasteiger partial charge on any atom is 0.326 e. The third-order valence-corrected chi connectivity index (χ3v) is 11.8. The summed E-state index contributed by atoms with van der Waals surface area (Å²) in [6, 6.07) is 9.13. The highest BCUT2D eigenvalue weighted by Gasteiger charge is 2.29. The van der Waals surface area contributed by atoms with Crippen molar-refractivity contribution in [1.82, 2.24) is 55.6 Å². The maximum atomic E-state index is 12.8. The molecule has 4 heterocycles. The number of nitrogens with zero attached hydrogens (tertiary/aromatic N) is 7. The summed E-state index contributed by atoms with van der Waals surface area (Å²) in [6.07, 6.45) is 2.12. The number of carbonyl (C=O) groups is 7. The van der Waals surface area contributed by atoms with Crippen LogP contribution in [0.3, 0.4) is 0 Å².